The zero-order valence-electron chi connectivity index (χ0n) is 15.0. The third-order valence-electron chi connectivity index (χ3n) is 3.97. The summed E-state index contributed by atoms with van der Waals surface area (Å²) in [5, 5.41) is 2.74. The Morgan fingerprint density at radius 1 is 1.15 bits per heavy atom. The van der Waals surface area contributed by atoms with Gasteiger partial charge in [-0.25, -0.2) is 4.39 Å². The van der Waals surface area contributed by atoms with Gasteiger partial charge >= 0.3 is 0 Å². The highest BCUT2D eigenvalue weighted by Gasteiger charge is 2.11. The Balaban J connectivity index is 1.75. The molecule has 0 saturated carbocycles. The lowest BCUT2D eigenvalue weighted by molar-refractivity contribution is 0.102. The number of halogens is 1. The second-order valence-electron chi connectivity index (χ2n) is 5.93. The van der Waals surface area contributed by atoms with Crippen molar-refractivity contribution in [3.8, 4) is 11.5 Å². The first-order valence-corrected chi connectivity index (χ1v) is 8.34. The number of carbonyl (C=O) groups is 1. The van der Waals surface area contributed by atoms with E-state index >= 15 is 0 Å². The average molecular weight is 366 g/mol. The maximum absolute atomic E-state index is 13.7. The Hall–Kier alpha value is -3.41. The van der Waals surface area contributed by atoms with Crippen LogP contribution in [0.15, 0.2) is 60.9 Å². The topological polar surface area (TPSA) is 60.5 Å². The van der Waals surface area contributed by atoms with Crippen LogP contribution in [0.3, 0.4) is 0 Å². The van der Waals surface area contributed by atoms with Gasteiger partial charge in [-0.1, -0.05) is 12.1 Å². The number of hydrogen-bond acceptors (Lipinski definition) is 4. The molecule has 0 aliphatic carbocycles. The minimum Gasteiger partial charge on any atom is -0.493 e. The van der Waals surface area contributed by atoms with Gasteiger partial charge in [0.05, 0.1) is 7.11 Å². The van der Waals surface area contributed by atoms with E-state index in [-0.39, 0.29) is 5.56 Å². The molecule has 3 rings (SSSR count). The van der Waals surface area contributed by atoms with Crippen LogP contribution in [0.25, 0.3) is 0 Å². The number of nitrogens with one attached hydrogen (secondary N) is 1. The number of carbonyl (C=O) groups excluding carboxylic acids is 1. The lowest BCUT2D eigenvalue weighted by Crippen LogP contribution is -2.12. The van der Waals surface area contributed by atoms with E-state index in [1.807, 2.05) is 12.1 Å². The SMILES string of the molecule is COc1ccc(NC(=O)c2ccc(C)c(F)c2)cc1OCc1cccnc1. The lowest BCUT2D eigenvalue weighted by atomic mass is 10.1. The number of methoxy groups -OCH3 is 1. The molecule has 0 unspecified atom stereocenters. The summed E-state index contributed by atoms with van der Waals surface area (Å²) in [5.74, 6) is 0.197. The van der Waals surface area contributed by atoms with Crippen LogP contribution in [0.4, 0.5) is 10.1 Å². The maximum atomic E-state index is 13.7. The molecule has 1 heterocycles. The zero-order valence-corrected chi connectivity index (χ0v) is 15.0. The van der Waals surface area contributed by atoms with E-state index in [4.69, 9.17) is 9.47 Å². The molecule has 6 heteroatoms. The first-order valence-electron chi connectivity index (χ1n) is 8.34. The Kier molecular flexibility index (Phi) is 5.66. The van der Waals surface area contributed by atoms with E-state index in [1.165, 1.54) is 6.07 Å². The molecule has 0 aliphatic rings. The van der Waals surface area contributed by atoms with E-state index in [9.17, 15) is 9.18 Å². The Labute approximate surface area is 156 Å². The number of aryl methyl sites for hydroxylation is 1. The summed E-state index contributed by atoms with van der Waals surface area (Å²) in [6.07, 6.45) is 3.40. The molecule has 5 nitrogen and oxygen atoms in total. The summed E-state index contributed by atoms with van der Waals surface area (Å²) in [6.45, 7) is 1.96. The van der Waals surface area contributed by atoms with Crippen molar-refractivity contribution in [1.29, 1.82) is 0 Å². The second-order valence-corrected chi connectivity index (χ2v) is 5.93. The van der Waals surface area contributed by atoms with Crippen LogP contribution in [0, 0.1) is 12.7 Å². The Bertz CT molecular complexity index is 945. The maximum Gasteiger partial charge on any atom is 0.255 e. The fourth-order valence-electron chi connectivity index (χ4n) is 2.45. The normalized spacial score (nSPS) is 10.3. The molecule has 138 valence electrons. The van der Waals surface area contributed by atoms with Gasteiger partial charge in [0.2, 0.25) is 0 Å². The van der Waals surface area contributed by atoms with E-state index in [0.29, 0.717) is 29.4 Å². The average Bonchev–Trinajstić information content (AvgIpc) is 2.69. The van der Waals surface area contributed by atoms with Crippen LogP contribution in [0.2, 0.25) is 0 Å². The number of anilines is 1. The largest absolute Gasteiger partial charge is 0.493 e. The van der Waals surface area contributed by atoms with Gasteiger partial charge in [0, 0.05) is 35.3 Å². The fourth-order valence-corrected chi connectivity index (χ4v) is 2.45. The highest BCUT2D eigenvalue weighted by Crippen LogP contribution is 2.31. The van der Waals surface area contributed by atoms with Crippen LogP contribution < -0.4 is 14.8 Å². The van der Waals surface area contributed by atoms with Crippen molar-refractivity contribution in [3.63, 3.8) is 0 Å². The standard InChI is InChI=1S/C21H19FN2O3/c1-14-5-6-16(10-18(14)22)21(25)24-17-7-8-19(26-2)20(11-17)27-13-15-4-3-9-23-12-15/h3-12H,13H2,1-2H3,(H,24,25). The molecule has 1 N–H and O–H groups in total. The van der Waals surface area contributed by atoms with Gasteiger partial charge in [-0.3, -0.25) is 9.78 Å². The van der Waals surface area contributed by atoms with Gasteiger partial charge in [-0.2, -0.15) is 0 Å². The first kappa shape index (κ1) is 18.4. The van der Waals surface area contributed by atoms with Gasteiger partial charge < -0.3 is 14.8 Å². The Morgan fingerprint density at radius 3 is 2.70 bits per heavy atom. The predicted octanol–water partition coefficient (Wildman–Crippen LogP) is 4.37. The molecular formula is C21H19FN2O3. The monoisotopic (exact) mass is 366 g/mol. The molecule has 0 aliphatic heterocycles. The molecule has 27 heavy (non-hydrogen) atoms. The predicted molar refractivity (Wildman–Crippen MR) is 101 cm³/mol. The molecule has 1 aromatic heterocycles. The smallest absolute Gasteiger partial charge is 0.255 e. The van der Waals surface area contributed by atoms with Gasteiger partial charge in [0.15, 0.2) is 11.5 Å². The summed E-state index contributed by atoms with van der Waals surface area (Å²) in [6, 6.07) is 13.1. The summed E-state index contributed by atoms with van der Waals surface area (Å²) in [4.78, 5) is 16.4. The third kappa shape index (κ3) is 4.61. The van der Waals surface area contributed by atoms with Gasteiger partial charge in [0.25, 0.3) is 5.91 Å². The van der Waals surface area contributed by atoms with Crippen molar-refractivity contribution in [2.75, 3.05) is 12.4 Å². The van der Waals surface area contributed by atoms with Gasteiger partial charge in [-0.05, 0) is 42.8 Å². The fraction of sp³-hybridized carbons (Fsp3) is 0.143. The summed E-state index contributed by atoms with van der Waals surface area (Å²) >= 11 is 0. The molecule has 0 saturated heterocycles. The summed E-state index contributed by atoms with van der Waals surface area (Å²) < 4.78 is 24.8. The van der Waals surface area contributed by atoms with Crippen LogP contribution in [0.5, 0.6) is 11.5 Å². The van der Waals surface area contributed by atoms with Crippen molar-refractivity contribution >= 4 is 11.6 Å². The molecule has 0 radical (unpaired) electrons. The lowest BCUT2D eigenvalue weighted by Gasteiger charge is -2.13. The number of benzene rings is 2. The number of hydrogen-bond donors (Lipinski definition) is 1. The molecule has 0 bridgehead atoms. The molecular weight excluding hydrogens is 347 g/mol. The van der Waals surface area contributed by atoms with E-state index in [2.05, 4.69) is 10.3 Å². The van der Waals surface area contributed by atoms with E-state index < -0.39 is 11.7 Å². The van der Waals surface area contributed by atoms with Crippen molar-refractivity contribution in [2.45, 2.75) is 13.5 Å². The first-order chi connectivity index (χ1) is 13.1. The Morgan fingerprint density at radius 2 is 2.00 bits per heavy atom. The van der Waals surface area contributed by atoms with Crippen LogP contribution in [-0.4, -0.2) is 18.0 Å². The molecule has 0 spiro atoms. The quantitative estimate of drug-likeness (QED) is 0.704. The highest BCUT2D eigenvalue weighted by molar-refractivity contribution is 6.04. The van der Waals surface area contributed by atoms with Crippen LogP contribution in [0.1, 0.15) is 21.5 Å². The van der Waals surface area contributed by atoms with Crippen molar-refractivity contribution in [1.82, 2.24) is 4.98 Å². The minimum absolute atomic E-state index is 0.242. The molecule has 1 amide bonds. The van der Waals surface area contributed by atoms with Crippen molar-refractivity contribution in [3.05, 3.63) is 83.4 Å². The second kappa shape index (κ2) is 8.31. The number of aromatic nitrogens is 1. The molecule has 0 fully saturated rings. The van der Waals surface area contributed by atoms with Crippen molar-refractivity contribution in [2.24, 2.45) is 0 Å². The van der Waals surface area contributed by atoms with Gasteiger partial charge in [-0.15, -0.1) is 0 Å². The van der Waals surface area contributed by atoms with E-state index in [0.717, 1.165) is 5.56 Å². The van der Waals surface area contributed by atoms with Crippen LogP contribution in [-0.2, 0) is 6.61 Å². The molecule has 2 aromatic carbocycles. The number of ether oxygens (including phenoxy) is 2. The number of pyridine rings is 1. The molecule has 3 aromatic rings. The van der Waals surface area contributed by atoms with Gasteiger partial charge in [0.1, 0.15) is 12.4 Å². The minimum atomic E-state index is -0.419. The third-order valence-corrected chi connectivity index (χ3v) is 3.97. The highest BCUT2D eigenvalue weighted by atomic mass is 19.1. The summed E-state index contributed by atoms with van der Waals surface area (Å²) in [7, 11) is 1.54. The van der Waals surface area contributed by atoms with Crippen LogP contribution >= 0.6 is 0 Å². The molecule has 0 atom stereocenters. The zero-order chi connectivity index (χ0) is 19.2. The summed E-state index contributed by atoms with van der Waals surface area (Å²) in [5.41, 5.74) is 2.15. The van der Waals surface area contributed by atoms with E-state index in [1.54, 1.807) is 56.8 Å². The number of nitrogens with zero attached hydrogens (tertiary/aromatic N) is 1. The van der Waals surface area contributed by atoms with Crippen molar-refractivity contribution < 1.29 is 18.7 Å². The number of rotatable bonds is 6. The number of amides is 1.